The molecular formula is C45H51FN12O5. The Kier molecular flexibility index (Phi) is 11.5. The van der Waals surface area contributed by atoms with Crippen LogP contribution in [0, 0.1) is 18.7 Å². The number of hydrogen-bond donors (Lipinski definition) is 2. The fourth-order valence-electron chi connectivity index (χ4n) is 9.36. The van der Waals surface area contributed by atoms with E-state index in [0.717, 1.165) is 92.6 Å². The van der Waals surface area contributed by atoms with Crippen LogP contribution >= 0.6 is 0 Å². The van der Waals surface area contributed by atoms with Crippen LogP contribution in [0.15, 0.2) is 61.1 Å². The number of fused-ring (bicyclic) bond motifs is 1. The van der Waals surface area contributed by atoms with Crippen LogP contribution in [0.3, 0.4) is 0 Å². The predicted octanol–water partition coefficient (Wildman–Crippen LogP) is 3.85. The Morgan fingerprint density at radius 3 is 2.35 bits per heavy atom. The Balaban J connectivity index is 0.761. The van der Waals surface area contributed by atoms with E-state index >= 15 is 0 Å². The topological polar surface area (TPSA) is 190 Å². The van der Waals surface area contributed by atoms with E-state index in [4.69, 9.17) is 15.6 Å². The molecule has 0 aliphatic carbocycles. The smallest absolute Gasteiger partial charge is 0.262 e. The maximum Gasteiger partial charge on any atom is 0.262 e. The van der Waals surface area contributed by atoms with Crippen molar-refractivity contribution in [2.45, 2.75) is 58.2 Å². The van der Waals surface area contributed by atoms with Gasteiger partial charge in [0.2, 0.25) is 11.8 Å². The normalized spacial score (nSPS) is 19.5. The molecule has 9 rings (SSSR count). The van der Waals surface area contributed by atoms with Crippen molar-refractivity contribution in [2.24, 2.45) is 13.0 Å². The van der Waals surface area contributed by atoms with Gasteiger partial charge in [-0.15, -0.1) is 0 Å². The van der Waals surface area contributed by atoms with Gasteiger partial charge >= 0.3 is 0 Å². The number of anilines is 2. The van der Waals surface area contributed by atoms with Gasteiger partial charge in [-0.3, -0.25) is 39.0 Å². The van der Waals surface area contributed by atoms with Gasteiger partial charge in [0, 0.05) is 94.4 Å². The average molecular weight is 859 g/mol. The molecule has 0 radical (unpaired) electrons. The first-order valence-electron chi connectivity index (χ1n) is 21.6. The van der Waals surface area contributed by atoms with Crippen molar-refractivity contribution in [3.05, 3.63) is 89.1 Å². The van der Waals surface area contributed by atoms with Crippen molar-refractivity contribution >= 4 is 35.1 Å². The SMILES string of the molecule is Cc1cnn(CCN2CCN(CC3CCN(c4ccc5c(c4)C(=O)N(C4CCC(=O)NC4=O)C5=O)CC3)CC2)c1-c1cnc(N)c(O[C@H](C)c2cc(F)ccc2-c2cnn(C)n2)c1. The van der Waals surface area contributed by atoms with Gasteiger partial charge in [0.15, 0.2) is 11.6 Å². The zero-order valence-corrected chi connectivity index (χ0v) is 35.7. The van der Waals surface area contributed by atoms with Crippen LogP contribution in [-0.2, 0) is 23.2 Å². The van der Waals surface area contributed by atoms with Gasteiger partial charge in [0.1, 0.15) is 23.7 Å². The number of benzene rings is 2. The lowest BCUT2D eigenvalue weighted by molar-refractivity contribution is -0.136. The van der Waals surface area contributed by atoms with Crippen molar-refractivity contribution in [1.82, 2.24) is 49.8 Å². The molecule has 0 spiro atoms. The Labute approximate surface area is 364 Å². The summed E-state index contributed by atoms with van der Waals surface area (Å²) in [5.74, 6) is -1.18. The van der Waals surface area contributed by atoms with Gasteiger partial charge < -0.3 is 20.3 Å². The molecule has 4 aliphatic rings. The number of piperidine rings is 2. The van der Waals surface area contributed by atoms with E-state index in [-0.39, 0.29) is 24.5 Å². The van der Waals surface area contributed by atoms with E-state index in [2.05, 4.69) is 35.2 Å². The number of imide groups is 2. The van der Waals surface area contributed by atoms with Crippen LogP contribution < -0.4 is 20.7 Å². The molecule has 0 bridgehead atoms. The van der Waals surface area contributed by atoms with Gasteiger partial charge in [0.05, 0.1) is 35.8 Å². The molecular weight excluding hydrogens is 808 g/mol. The molecule has 2 atom stereocenters. The fraction of sp³-hybridized carbons (Fsp3) is 0.422. The lowest BCUT2D eigenvalue weighted by Gasteiger charge is -2.39. The first-order chi connectivity index (χ1) is 30.4. The number of amides is 4. The molecule has 3 aromatic heterocycles. The number of ether oxygens (including phenoxy) is 1. The van der Waals surface area contributed by atoms with Gasteiger partial charge in [0.25, 0.3) is 11.8 Å². The van der Waals surface area contributed by atoms with E-state index in [9.17, 15) is 23.6 Å². The molecule has 63 heavy (non-hydrogen) atoms. The fourth-order valence-corrected chi connectivity index (χ4v) is 9.36. The number of carbonyl (C=O) groups excluding carboxylic acids is 4. The van der Waals surface area contributed by atoms with Crippen LogP contribution in [0.1, 0.15) is 70.6 Å². The molecule has 3 saturated heterocycles. The molecule has 18 heteroatoms. The number of hydrogen-bond acceptors (Lipinski definition) is 13. The standard InChI is InChI=1S/C45H51FN12O5/c1-27-23-50-57(41(27)30-20-39(42(47)48-24-30)63-28(2)35-21-31(46)4-6-33(35)37-25-49-53(3)52-37)19-18-54-14-16-55(17-15-54)26-29-10-12-56(13-11-29)32-5-7-34-36(22-32)45(62)58(44(34)61)38-8-9-40(59)51-43(38)60/h4-7,20-25,28-29,38H,8-19,26H2,1-3H3,(H2,47,48)(H,51,59,60)/t28-,38?/m1/s1. The summed E-state index contributed by atoms with van der Waals surface area (Å²) in [5.41, 5.74) is 12.5. The Hall–Kier alpha value is -6.53. The Morgan fingerprint density at radius 1 is 0.857 bits per heavy atom. The van der Waals surface area contributed by atoms with Crippen molar-refractivity contribution < 1.29 is 28.3 Å². The summed E-state index contributed by atoms with van der Waals surface area (Å²) < 4.78 is 22.9. The third-order valence-corrected chi connectivity index (χ3v) is 12.8. The minimum absolute atomic E-state index is 0.0900. The Morgan fingerprint density at radius 2 is 1.60 bits per heavy atom. The molecule has 4 amide bonds. The minimum Gasteiger partial charge on any atom is -0.482 e. The number of nitrogens with two attached hydrogens (primary N) is 1. The summed E-state index contributed by atoms with van der Waals surface area (Å²) in [7, 11) is 1.73. The molecule has 0 saturated carbocycles. The molecule has 1 unspecified atom stereocenters. The quantitative estimate of drug-likeness (QED) is 0.172. The Bertz CT molecular complexity index is 2580. The number of pyridine rings is 1. The van der Waals surface area contributed by atoms with Gasteiger partial charge in [-0.1, -0.05) is 0 Å². The number of nitrogens with one attached hydrogen (secondary N) is 1. The average Bonchev–Trinajstić information content (AvgIpc) is 3.95. The molecule has 4 aliphatic heterocycles. The van der Waals surface area contributed by atoms with Crippen molar-refractivity contribution in [3.63, 3.8) is 0 Å². The number of aryl methyl sites for hydroxylation is 2. The van der Waals surface area contributed by atoms with Gasteiger partial charge in [-0.05, 0) is 87.1 Å². The number of carbonyl (C=O) groups is 4. The highest BCUT2D eigenvalue weighted by Gasteiger charge is 2.45. The first kappa shape index (κ1) is 41.8. The highest BCUT2D eigenvalue weighted by atomic mass is 19.1. The van der Waals surface area contributed by atoms with Crippen molar-refractivity contribution in [2.75, 3.05) is 63.0 Å². The largest absolute Gasteiger partial charge is 0.482 e. The van der Waals surface area contributed by atoms with Crippen LogP contribution in [0.25, 0.3) is 22.5 Å². The summed E-state index contributed by atoms with van der Waals surface area (Å²) in [5, 5.41) is 15.6. The molecule has 17 nitrogen and oxygen atoms in total. The highest BCUT2D eigenvalue weighted by molar-refractivity contribution is 6.23. The second-order valence-corrected chi connectivity index (χ2v) is 17.0. The summed E-state index contributed by atoms with van der Waals surface area (Å²) in [6.45, 7) is 12.0. The number of nitrogens with zero attached hydrogens (tertiary/aromatic N) is 10. The summed E-state index contributed by atoms with van der Waals surface area (Å²) in [4.78, 5) is 64.9. The second-order valence-electron chi connectivity index (χ2n) is 17.0. The predicted molar refractivity (Wildman–Crippen MR) is 231 cm³/mol. The molecule has 5 aromatic rings. The zero-order valence-electron chi connectivity index (χ0n) is 35.7. The lowest BCUT2D eigenvalue weighted by Crippen LogP contribution is -2.54. The third kappa shape index (κ3) is 8.52. The number of aromatic nitrogens is 6. The van der Waals surface area contributed by atoms with Gasteiger partial charge in [-0.25, -0.2) is 9.37 Å². The van der Waals surface area contributed by atoms with Crippen LogP contribution in [0.5, 0.6) is 5.75 Å². The van der Waals surface area contributed by atoms with Crippen LogP contribution in [-0.4, -0.2) is 126 Å². The maximum absolute atomic E-state index is 14.5. The molecule has 3 N–H and O–H groups in total. The molecule has 328 valence electrons. The monoisotopic (exact) mass is 858 g/mol. The number of piperazine rings is 1. The van der Waals surface area contributed by atoms with Crippen LogP contribution in [0.4, 0.5) is 15.9 Å². The number of halogens is 1. The number of rotatable bonds is 12. The van der Waals surface area contributed by atoms with Crippen molar-refractivity contribution in [1.29, 1.82) is 0 Å². The second kappa shape index (κ2) is 17.3. The molecule has 7 heterocycles. The van der Waals surface area contributed by atoms with E-state index in [1.165, 1.54) is 16.9 Å². The van der Waals surface area contributed by atoms with Crippen LogP contribution in [0.2, 0.25) is 0 Å². The molecule has 2 aromatic carbocycles. The van der Waals surface area contributed by atoms with E-state index in [1.54, 1.807) is 37.6 Å². The summed E-state index contributed by atoms with van der Waals surface area (Å²) >= 11 is 0. The van der Waals surface area contributed by atoms with Gasteiger partial charge in [-0.2, -0.15) is 20.1 Å². The van der Waals surface area contributed by atoms with E-state index < -0.39 is 35.8 Å². The van der Waals surface area contributed by atoms with E-state index in [0.29, 0.717) is 46.2 Å². The van der Waals surface area contributed by atoms with Crippen molar-refractivity contribution in [3.8, 4) is 28.3 Å². The summed E-state index contributed by atoms with van der Waals surface area (Å²) in [6, 6.07) is 10.8. The zero-order chi connectivity index (χ0) is 43.9. The first-order valence-corrected chi connectivity index (χ1v) is 21.6. The maximum atomic E-state index is 14.5. The third-order valence-electron chi connectivity index (χ3n) is 12.8. The molecule has 3 fully saturated rings. The summed E-state index contributed by atoms with van der Waals surface area (Å²) in [6.07, 6.45) is 6.92. The minimum atomic E-state index is -0.975. The highest BCUT2D eigenvalue weighted by Crippen LogP contribution is 2.36. The lowest BCUT2D eigenvalue weighted by atomic mass is 9.95. The van der Waals surface area contributed by atoms with E-state index in [1.807, 2.05) is 36.9 Å². The number of nitrogen functional groups attached to an aromatic ring is 1.